The van der Waals surface area contributed by atoms with E-state index in [0.29, 0.717) is 5.56 Å². The Kier molecular flexibility index (Phi) is 8.95. The minimum absolute atomic E-state index is 0.105. The molecule has 1 aromatic carbocycles. The molecule has 0 spiro atoms. The van der Waals surface area contributed by atoms with Crippen LogP contribution in [0.5, 0.6) is 0 Å². The standard InChI is InChI=1S/C22H28N2O12S2/c1-14-10-24(21(27)23-19(14)26)20-17(35-15(2)25)18(32-11-16-8-6-5-7-9-16)22(36-20,12-33-37(3,28)29)13-34-38(4,30)31/h5-10,17-18,20H,11-13H2,1-4H3,(H,23,26,27)/t17-,18+,20-/m0/s1. The van der Waals surface area contributed by atoms with Crippen LogP contribution in [0, 0.1) is 6.92 Å². The van der Waals surface area contributed by atoms with E-state index in [0.717, 1.165) is 30.2 Å². The van der Waals surface area contributed by atoms with E-state index in [-0.39, 0.29) is 12.2 Å². The molecule has 1 fully saturated rings. The summed E-state index contributed by atoms with van der Waals surface area (Å²) < 4.78 is 76.1. The van der Waals surface area contributed by atoms with Gasteiger partial charge in [0.15, 0.2) is 17.9 Å². The topological polar surface area (TPSA) is 186 Å². The van der Waals surface area contributed by atoms with Crippen LogP contribution in [0.1, 0.15) is 24.3 Å². The fraction of sp³-hybridized carbons (Fsp3) is 0.500. The lowest BCUT2D eigenvalue weighted by atomic mass is 9.96. The van der Waals surface area contributed by atoms with Gasteiger partial charge >= 0.3 is 11.7 Å². The molecular formula is C22H28N2O12S2. The Balaban J connectivity index is 2.18. The summed E-state index contributed by atoms with van der Waals surface area (Å²) in [6.45, 7) is 0.740. The van der Waals surface area contributed by atoms with Gasteiger partial charge in [0, 0.05) is 18.7 Å². The van der Waals surface area contributed by atoms with Gasteiger partial charge < -0.3 is 14.2 Å². The van der Waals surface area contributed by atoms with Crippen LogP contribution in [0.15, 0.2) is 46.1 Å². The van der Waals surface area contributed by atoms with Gasteiger partial charge in [0.25, 0.3) is 25.8 Å². The van der Waals surface area contributed by atoms with Crippen LogP contribution in [0.4, 0.5) is 0 Å². The van der Waals surface area contributed by atoms with Crippen LogP contribution in [0.3, 0.4) is 0 Å². The normalized spacial score (nSPS) is 21.3. The molecule has 0 amide bonds. The van der Waals surface area contributed by atoms with Crippen molar-refractivity contribution in [1.29, 1.82) is 0 Å². The monoisotopic (exact) mass is 576 g/mol. The van der Waals surface area contributed by atoms with E-state index < -0.39 is 74.7 Å². The first kappa shape index (κ1) is 29.7. The summed E-state index contributed by atoms with van der Waals surface area (Å²) in [7, 11) is -8.20. The third-order valence-electron chi connectivity index (χ3n) is 5.48. The van der Waals surface area contributed by atoms with Crippen molar-refractivity contribution in [3.8, 4) is 0 Å². The second-order valence-corrected chi connectivity index (χ2v) is 12.1. The molecular weight excluding hydrogens is 548 g/mol. The van der Waals surface area contributed by atoms with Gasteiger partial charge in [-0.1, -0.05) is 30.3 Å². The van der Waals surface area contributed by atoms with E-state index in [1.807, 2.05) is 0 Å². The molecule has 1 N–H and O–H groups in total. The molecule has 3 rings (SSSR count). The number of carbonyl (C=O) groups is 1. The highest BCUT2D eigenvalue weighted by Crippen LogP contribution is 2.42. The smallest absolute Gasteiger partial charge is 0.330 e. The first-order valence-corrected chi connectivity index (χ1v) is 14.7. The number of esters is 1. The van der Waals surface area contributed by atoms with Crippen LogP contribution in [0.2, 0.25) is 0 Å². The summed E-state index contributed by atoms with van der Waals surface area (Å²) in [6, 6.07) is 8.71. The zero-order chi connectivity index (χ0) is 28.3. The molecule has 2 heterocycles. The Hall–Kier alpha value is -2.89. The van der Waals surface area contributed by atoms with Gasteiger partial charge in [-0.05, 0) is 12.5 Å². The number of aromatic nitrogens is 2. The molecule has 210 valence electrons. The van der Waals surface area contributed by atoms with Gasteiger partial charge in [-0.2, -0.15) is 16.8 Å². The van der Waals surface area contributed by atoms with E-state index in [4.69, 9.17) is 22.6 Å². The van der Waals surface area contributed by atoms with E-state index in [1.54, 1.807) is 30.3 Å². The van der Waals surface area contributed by atoms with E-state index in [1.165, 1.54) is 6.92 Å². The second-order valence-electron chi connectivity index (χ2n) is 8.78. The molecule has 0 unspecified atom stereocenters. The molecule has 0 radical (unpaired) electrons. The van der Waals surface area contributed by atoms with Crippen molar-refractivity contribution < 1.29 is 44.2 Å². The predicted molar refractivity (Wildman–Crippen MR) is 131 cm³/mol. The summed E-state index contributed by atoms with van der Waals surface area (Å²) in [5.41, 5.74) is -2.87. The fourth-order valence-corrected chi connectivity index (χ4v) is 4.65. The molecule has 0 aliphatic carbocycles. The molecule has 0 bridgehead atoms. The highest BCUT2D eigenvalue weighted by molar-refractivity contribution is 7.86. The minimum atomic E-state index is -4.10. The number of rotatable bonds is 11. The molecule has 1 aliphatic heterocycles. The summed E-state index contributed by atoms with van der Waals surface area (Å²) in [5, 5.41) is 0. The Morgan fingerprint density at radius 1 is 1.05 bits per heavy atom. The third kappa shape index (κ3) is 7.58. The first-order valence-electron chi connectivity index (χ1n) is 11.1. The number of hydrogen-bond donors (Lipinski definition) is 1. The summed E-state index contributed by atoms with van der Waals surface area (Å²) >= 11 is 0. The average molecular weight is 577 g/mol. The Morgan fingerprint density at radius 3 is 2.16 bits per heavy atom. The maximum Gasteiger partial charge on any atom is 0.330 e. The number of H-pyrrole nitrogens is 1. The SMILES string of the molecule is CC(=O)O[C@H]1[C@@H](OCc2ccccc2)C(COS(C)(=O)=O)(COS(C)(=O)=O)O[C@@H]1n1cc(C)c(=O)[nH]c1=O. The minimum Gasteiger partial charge on any atom is -0.455 e. The van der Waals surface area contributed by atoms with Crippen LogP contribution in [0.25, 0.3) is 0 Å². The van der Waals surface area contributed by atoms with Gasteiger partial charge in [-0.25, -0.2) is 4.79 Å². The van der Waals surface area contributed by atoms with Crippen molar-refractivity contribution in [3.63, 3.8) is 0 Å². The fourth-order valence-electron chi connectivity index (χ4n) is 3.82. The molecule has 3 atom stereocenters. The number of aromatic amines is 1. The van der Waals surface area contributed by atoms with Crippen molar-refractivity contribution in [2.45, 2.75) is 44.5 Å². The largest absolute Gasteiger partial charge is 0.455 e. The van der Waals surface area contributed by atoms with Gasteiger partial charge in [0.2, 0.25) is 0 Å². The van der Waals surface area contributed by atoms with Crippen molar-refractivity contribution in [1.82, 2.24) is 9.55 Å². The Labute approximate surface area is 218 Å². The van der Waals surface area contributed by atoms with E-state index in [9.17, 15) is 31.2 Å². The molecule has 16 heteroatoms. The Morgan fingerprint density at radius 2 is 1.63 bits per heavy atom. The van der Waals surface area contributed by atoms with Crippen LogP contribution in [-0.2, 0) is 54.2 Å². The van der Waals surface area contributed by atoms with Crippen molar-refractivity contribution in [2.24, 2.45) is 0 Å². The van der Waals surface area contributed by atoms with Gasteiger partial charge in [-0.15, -0.1) is 0 Å². The van der Waals surface area contributed by atoms with Crippen LogP contribution < -0.4 is 11.2 Å². The lowest BCUT2D eigenvalue weighted by Crippen LogP contribution is -2.53. The molecule has 1 saturated heterocycles. The zero-order valence-corrected chi connectivity index (χ0v) is 22.6. The second kappa shape index (κ2) is 11.5. The molecule has 38 heavy (non-hydrogen) atoms. The maximum atomic E-state index is 12.7. The number of ether oxygens (including phenoxy) is 3. The predicted octanol–water partition coefficient (Wildman–Crippen LogP) is -0.418. The summed E-state index contributed by atoms with van der Waals surface area (Å²) in [6.07, 6.45) is -1.67. The van der Waals surface area contributed by atoms with Gasteiger partial charge in [-0.3, -0.25) is 27.5 Å². The van der Waals surface area contributed by atoms with Crippen molar-refractivity contribution in [3.05, 3.63) is 68.5 Å². The maximum absolute atomic E-state index is 12.7. The van der Waals surface area contributed by atoms with E-state index in [2.05, 4.69) is 4.98 Å². The molecule has 1 aromatic heterocycles. The lowest BCUT2D eigenvalue weighted by molar-refractivity contribution is -0.159. The number of hydrogen-bond acceptors (Lipinski definition) is 12. The average Bonchev–Trinajstić information content (AvgIpc) is 3.10. The van der Waals surface area contributed by atoms with Crippen molar-refractivity contribution in [2.75, 3.05) is 25.7 Å². The summed E-state index contributed by atoms with van der Waals surface area (Å²) in [5.74, 6) is -0.810. The van der Waals surface area contributed by atoms with Gasteiger partial charge in [0.1, 0.15) is 19.3 Å². The number of carbonyl (C=O) groups excluding carboxylic acids is 1. The number of nitrogens with zero attached hydrogens (tertiary/aromatic N) is 1. The highest BCUT2D eigenvalue weighted by Gasteiger charge is 2.60. The number of nitrogens with one attached hydrogen (secondary N) is 1. The van der Waals surface area contributed by atoms with Crippen LogP contribution in [-0.4, -0.2) is 75.9 Å². The van der Waals surface area contributed by atoms with Crippen LogP contribution >= 0.6 is 0 Å². The summed E-state index contributed by atoms with van der Waals surface area (Å²) in [4.78, 5) is 38.9. The van der Waals surface area contributed by atoms with Crippen molar-refractivity contribution >= 4 is 26.2 Å². The molecule has 2 aromatic rings. The first-order chi connectivity index (χ1) is 17.6. The zero-order valence-electron chi connectivity index (χ0n) is 21.0. The quantitative estimate of drug-likeness (QED) is 0.269. The lowest BCUT2D eigenvalue weighted by Gasteiger charge is -2.33. The van der Waals surface area contributed by atoms with E-state index >= 15 is 0 Å². The molecule has 1 aliphatic rings. The highest BCUT2D eigenvalue weighted by atomic mass is 32.2. The van der Waals surface area contributed by atoms with Gasteiger partial charge in [0.05, 0.1) is 19.1 Å². The third-order valence-corrected chi connectivity index (χ3v) is 6.57. The molecule has 14 nitrogen and oxygen atoms in total. The number of benzene rings is 1. The molecule has 0 saturated carbocycles. The Bertz CT molecular complexity index is 1450. The number of aryl methyl sites for hydroxylation is 1.